The first-order chi connectivity index (χ1) is 8.87. The highest BCUT2D eigenvalue weighted by Gasteiger charge is 2.38. The second kappa shape index (κ2) is 4.01. The zero-order valence-corrected chi connectivity index (χ0v) is 12.9. The molecule has 0 bridgehead atoms. The summed E-state index contributed by atoms with van der Waals surface area (Å²) in [6.07, 6.45) is 3.43. The molecule has 1 unspecified atom stereocenters. The molecule has 2 aliphatic heterocycles. The van der Waals surface area contributed by atoms with Gasteiger partial charge in [-0.1, -0.05) is 18.2 Å². The van der Waals surface area contributed by atoms with Crippen LogP contribution in [0.4, 0.5) is 0 Å². The molecule has 0 aliphatic carbocycles. The molecule has 19 heavy (non-hydrogen) atoms. The van der Waals surface area contributed by atoms with Crippen LogP contribution < -0.4 is 0 Å². The van der Waals surface area contributed by atoms with Crippen LogP contribution in [0.3, 0.4) is 0 Å². The number of hydrogen-bond acceptors (Lipinski definition) is 4. The maximum Gasteiger partial charge on any atom is 0.208 e. The van der Waals surface area contributed by atoms with Gasteiger partial charge in [0.1, 0.15) is 0 Å². The van der Waals surface area contributed by atoms with Crippen molar-refractivity contribution in [2.75, 3.05) is 12.5 Å². The van der Waals surface area contributed by atoms with Crippen molar-refractivity contribution >= 4 is 42.1 Å². The number of allylic oxidation sites excluding steroid dienone is 1. The average molecular weight is 312 g/mol. The molecule has 0 fully saturated rings. The van der Waals surface area contributed by atoms with Gasteiger partial charge in [0.15, 0.2) is 0 Å². The minimum absolute atomic E-state index is 0.307. The summed E-state index contributed by atoms with van der Waals surface area (Å²) < 4.78 is 37.5. The summed E-state index contributed by atoms with van der Waals surface area (Å²) in [6, 6.07) is 6.88. The third-order valence-electron chi connectivity index (χ3n) is 3.12. The van der Waals surface area contributed by atoms with Gasteiger partial charge in [-0.15, -0.1) is 11.8 Å². The number of thioether (sulfide) groups is 1. The van der Waals surface area contributed by atoms with E-state index in [4.69, 9.17) is 0 Å². The Balaban J connectivity index is 2.47. The Kier molecular flexibility index (Phi) is 2.75. The Morgan fingerprint density at radius 3 is 2.47 bits per heavy atom. The molecule has 0 amide bonds. The van der Waals surface area contributed by atoms with Crippen molar-refractivity contribution in [1.29, 1.82) is 0 Å². The fraction of sp³-hybridized carbons (Fsp3) is 0.154. The lowest BCUT2D eigenvalue weighted by atomic mass is 10.1. The first-order valence-electron chi connectivity index (χ1n) is 5.55. The molecular formula is C13H12O3S3. The van der Waals surface area contributed by atoms with Crippen LogP contribution >= 0.6 is 11.8 Å². The van der Waals surface area contributed by atoms with Gasteiger partial charge in [0.05, 0.1) is 9.80 Å². The SMILES string of the molecule is CSC1=CS(C)(=O)=CC2=C1S(=O)(=O)c1ccccc12. The highest BCUT2D eigenvalue weighted by molar-refractivity contribution is 8.09. The largest absolute Gasteiger partial charge is 0.263 e. The zero-order valence-electron chi connectivity index (χ0n) is 10.4. The first kappa shape index (κ1) is 13.0. The molecule has 3 rings (SSSR count). The molecule has 2 heterocycles. The lowest BCUT2D eigenvalue weighted by Gasteiger charge is -2.13. The molecule has 0 saturated heterocycles. The standard InChI is InChI=1S/C13H12O3S3/c1-17-11-8-18(2,14)7-10-9-5-3-4-6-12(9)19(15,16)13(10)11/h3-8H,1-2H3. The summed E-state index contributed by atoms with van der Waals surface area (Å²) >= 11 is 1.32. The van der Waals surface area contributed by atoms with Crippen LogP contribution in [0.25, 0.3) is 5.57 Å². The van der Waals surface area contributed by atoms with Crippen molar-refractivity contribution in [2.24, 2.45) is 0 Å². The summed E-state index contributed by atoms with van der Waals surface area (Å²) in [7, 11) is -5.76. The molecule has 2 aliphatic rings. The van der Waals surface area contributed by atoms with Crippen LogP contribution in [0.15, 0.2) is 44.4 Å². The highest BCUT2D eigenvalue weighted by Crippen LogP contribution is 2.46. The Morgan fingerprint density at radius 2 is 1.79 bits per heavy atom. The summed E-state index contributed by atoms with van der Waals surface area (Å²) in [5.74, 6) is 0. The van der Waals surface area contributed by atoms with E-state index < -0.39 is 19.4 Å². The molecule has 0 spiro atoms. The van der Waals surface area contributed by atoms with Gasteiger partial charge in [-0.2, -0.15) is 0 Å². The van der Waals surface area contributed by atoms with Gasteiger partial charge in [-0.25, -0.2) is 8.42 Å². The smallest absolute Gasteiger partial charge is 0.208 e. The van der Waals surface area contributed by atoms with Gasteiger partial charge in [0.2, 0.25) is 9.84 Å². The molecule has 6 heteroatoms. The average Bonchev–Trinajstić information content (AvgIpc) is 2.57. The van der Waals surface area contributed by atoms with Crippen LogP contribution in [-0.2, 0) is 19.4 Å². The Morgan fingerprint density at radius 1 is 1.11 bits per heavy atom. The number of rotatable bonds is 1. The molecule has 3 nitrogen and oxygen atoms in total. The van der Waals surface area contributed by atoms with Gasteiger partial charge in [0, 0.05) is 33.1 Å². The number of sulfone groups is 1. The molecule has 1 aromatic rings. The van der Waals surface area contributed by atoms with Crippen molar-refractivity contribution in [3.8, 4) is 0 Å². The summed E-state index contributed by atoms with van der Waals surface area (Å²) in [4.78, 5) is 1.21. The van der Waals surface area contributed by atoms with Crippen LogP contribution in [0.5, 0.6) is 0 Å². The van der Waals surface area contributed by atoms with E-state index in [1.807, 2.05) is 0 Å². The fourth-order valence-electron chi connectivity index (χ4n) is 2.36. The second-order valence-electron chi connectivity index (χ2n) is 4.51. The molecule has 1 aromatic carbocycles. The maximum atomic E-state index is 12.6. The van der Waals surface area contributed by atoms with Crippen molar-refractivity contribution in [3.05, 3.63) is 45.0 Å². The van der Waals surface area contributed by atoms with Crippen LogP contribution in [0, 0.1) is 0 Å². The molecular weight excluding hydrogens is 300 g/mol. The van der Waals surface area contributed by atoms with Crippen molar-refractivity contribution < 1.29 is 12.6 Å². The van der Waals surface area contributed by atoms with E-state index in [0.29, 0.717) is 25.8 Å². The van der Waals surface area contributed by atoms with E-state index in [1.165, 1.54) is 11.8 Å². The van der Waals surface area contributed by atoms with E-state index in [1.54, 1.807) is 47.6 Å². The highest BCUT2D eigenvalue weighted by atomic mass is 32.2. The Hall–Kier alpha value is -0.980. The van der Waals surface area contributed by atoms with Crippen molar-refractivity contribution in [1.82, 2.24) is 0 Å². The van der Waals surface area contributed by atoms with Gasteiger partial charge in [-0.3, -0.25) is 4.21 Å². The van der Waals surface area contributed by atoms with E-state index >= 15 is 0 Å². The second-order valence-corrected chi connectivity index (χ2v) is 9.62. The lowest BCUT2D eigenvalue weighted by Crippen LogP contribution is -2.09. The predicted molar refractivity (Wildman–Crippen MR) is 82.3 cm³/mol. The Bertz CT molecular complexity index is 864. The molecule has 0 aromatic heterocycles. The first-order valence-corrected chi connectivity index (χ1v) is 10.4. The van der Waals surface area contributed by atoms with Crippen LogP contribution in [-0.4, -0.2) is 30.5 Å². The third-order valence-corrected chi connectivity index (χ3v) is 7.48. The summed E-state index contributed by atoms with van der Waals surface area (Å²) in [5, 5.41) is 3.16. The lowest BCUT2D eigenvalue weighted by molar-refractivity contribution is 0.604. The minimum atomic E-state index is -3.48. The summed E-state index contributed by atoms with van der Waals surface area (Å²) in [5.41, 5.74) is 1.25. The van der Waals surface area contributed by atoms with Gasteiger partial charge < -0.3 is 0 Å². The van der Waals surface area contributed by atoms with Crippen molar-refractivity contribution in [2.45, 2.75) is 4.90 Å². The number of benzene rings is 1. The van der Waals surface area contributed by atoms with Gasteiger partial charge >= 0.3 is 0 Å². The topological polar surface area (TPSA) is 51.2 Å². The van der Waals surface area contributed by atoms with E-state index in [9.17, 15) is 12.6 Å². The fourth-order valence-corrected chi connectivity index (χ4v) is 7.39. The third kappa shape index (κ3) is 1.81. The Labute approximate surface area is 117 Å². The maximum absolute atomic E-state index is 12.6. The van der Waals surface area contributed by atoms with Gasteiger partial charge in [-0.05, 0) is 21.8 Å². The summed E-state index contributed by atoms with van der Waals surface area (Å²) in [6.45, 7) is 0. The van der Waals surface area contributed by atoms with E-state index in [0.717, 1.165) is 0 Å². The predicted octanol–water partition coefficient (Wildman–Crippen LogP) is 2.12. The van der Waals surface area contributed by atoms with Gasteiger partial charge in [0.25, 0.3) is 0 Å². The van der Waals surface area contributed by atoms with Crippen LogP contribution in [0.1, 0.15) is 5.56 Å². The normalized spacial score (nSPS) is 27.4. The van der Waals surface area contributed by atoms with Crippen LogP contribution in [0.2, 0.25) is 0 Å². The molecule has 1 atom stereocenters. The van der Waals surface area contributed by atoms with E-state index in [2.05, 4.69) is 0 Å². The van der Waals surface area contributed by atoms with Crippen molar-refractivity contribution in [3.63, 3.8) is 0 Å². The number of hydrogen-bond donors (Lipinski definition) is 0. The minimum Gasteiger partial charge on any atom is -0.263 e. The molecule has 100 valence electrons. The monoisotopic (exact) mass is 312 g/mol. The molecule has 0 radical (unpaired) electrons. The van der Waals surface area contributed by atoms with E-state index in [-0.39, 0.29) is 0 Å². The number of fused-ring (bicyclic) bond motifs is 2. The quantitative estimate of drug-likeness (QED) is 0.745. The zero-order chi connectivity index (χ0) is 13.8. The molecule has 0 saturated carbocycles. The molecule has 0 N–H and O–H groups in total.